The van der Waals surface area contributed by atoms with Crippen molar-refractivity contribution in [3.8, 4) is 11.4 Å². The van der Waals surface area contributed by atoms with E-state index in [9.17, 15) is 9.59 Å². The fourth-order valence-electron chi connectivity index (χ4n) is 2.20. The number of rotatable bonds is 6. The van der Waals surface area contributed by atoms with Crippen molar-refractivity contribution in [3.05, 3.63) is 46.8 Å². The van der Waals surface area contributed by atoms with Crippen LogP contribution in [0.25, 0.3) is 11.4 Å². The van der Waals surface area contributed by atoms with Crippen LogP contribution in [-0.2, 0) is 4.79 Å². The standard InChI is InChI=1S/C17H17N5O3S/c1-10-9-26-17(19-10)21-14(23)6-7-18-16(24)13-5-3-4-12(8-13)15-20-11(2)25-22-15/h3-5,8-9H,6-7H2,1-2H3,(H,18,24)(H,19,21,23). The van der Waals surface area contributed by atoms with Gasteiger partial charge in [-0.2, -0.15) is 4.98 Å². The number of benzene rings is 1. The molecule has 0 bridgehead atoms. The highest BCUT2D eigenvalue weighted by Crippen LogP contribution is 2.17. The Hall–Kier alpha value is -3.07. The molecule has 1 aromatic carbocycles. The van der Waals surface area contributed by atoms with E-state index in [-0.39, 0.29) is 24.8 Å². The number of anilines is 1. The average Bonchev–Trinajstić information content (AvgIpc) is 3.23. The number of nitrogens with zero attached hydrogens (tertiary/aromatic N) is 3. The minimum atomic E-state index is -0.273. The van der Waals surface area contributed by atoms with Crippen LogP contribution < -0.4 is 10.6 Å². The summed E-state index contributed by atoms with van der Waals surface area (Å²) >= 11 is 1.37. The summed E-state index contributed by atoms with van der Waals surface area (Å²) in [7, 11) is 0. The van der Waals surface area contributed by atoms with Gasteiger partial charge in [0.15, 0.2) is 5.13 Å². The van der Waals surface area contributed by atoms with E-state index in [1.165, 1.54) is 11.3 Å². The summed E-state index contributed by atoms with van der Waals surface area (Å²) in [5, 5.41) is 11.7. The van der Waals surface area contributed by atoms with E-state index in [4.69, 9.17) is 4.52 Å². The normalized spacial score (nSPS) is 10.5. The lowest BCUT2D eigenvalue weighted by atomic mass is 10.1. The van der Waals surface area contributed by atoms with Crippen molar-refractivity contribution >= 4 is 28.3 Å². The number of hydrogen-bond donors (Lipinski definition) is 2. The van der Waals surface area contributed by atoms with Crippen molar-refractivity contribution in [2.24, 2.45) is 0 Å². The van der Waals surface area contributed by atoms with Crippen LogP contribution in [0.15, 0.2) is 34.2 Å². The first-order chi connectivity index (χ1) is 12.5. The first-order valence-electron chi connectivity index (χ1n) is 7.92. The van der Waals surface area contributed by atoms with Crippen molar-refractivity contribution in [1.82, 2.24) is 20.4 Å². The summed E-state index contributed by atoms with van der Waals surface area (Å²) in [6, 6.07) is 6.90. The molecule has 2 aromatic heterocycles. The third-order valence-electron chi connectivity index (χ3n) is 3.41. The molecule has 2 heterocycles. The molecule has 0 aliphatic carbocycles. The highest BCUT2D eigenvalue weighted by molar-refractivity contribution is 7.13. The van der Waals surface area contributed by atoms with Gasteiger partial charge in [0.1, 0.15) is 0 Å². The molecule has 8 nitrogen and oxygen atoms in total. The van der Waals surface area contributed by atoms with E-state index < -0.39 is 0 Å². The van der Waals surface area contributed by atoms with Crippen LogP contribution in [0.1, 0.15) is 28.4 Å². The van der Waals surface area contributed by atoms with E-state index >= 15 is 0 Å². The lowest BCUT2D eigenvalue weighted by Crippen LogP contribution is -2.27. The highest BCUT2D eigenvalue weighted by atomic mass is 32.1. The van der Waals surface area contributed by atoms with Crippen LogP contribution in [0.5, 0.6) is 0 Å². The van der Waals surface area contributed by atoms with Gasteiger partial charge in [-0.1, -0.05) is 17.3 Å². The molecule has 0 aliphatic heterocycles. The second kappa shape index (κ2) is 7.87. The summed E-state index contributed by atoms with van der Waals surface area (Å²) in [6.07, 6.45) is 0.161. The quantitative estimate of drug-likeness (QED) is 0.689. The van der Waals surface area contributed by atoms with Gasteiger partial charge in [0.25, 0.3) is 5.91 Å². The third kappa shape index (κ3) is 4.51. The fourth-order valence-corrected chi connectivity index (χ4v) is 2.91. The number of carbonyl (C=O) groups is 2. The predicted octanol–water partition coefficient (Wildman–Crippen LogP) is 2.57. The van der Waals surface area contributed by atoms with Gasteiger partial charge in [-0.15, -0.1) is 11.3 Å². The highest BCUT2D eigenvalue weighted by Gasteiger charge is 2.11. The second-order valence-corrected chi connectivity index (χ2v) is 6.42. The summed E-state index contributed by atoms with van der Waals surface area (Å²) < 4.78 is 4.95. The number of carbonyl (C=O) groups excluding carboxylic acids is 2. The molecule has 0 fully saturated rings. The lowest BCUT2D eigenvalue weighted by Gasteiger charge is -2.06. The minimum absolute atomic E-state index is 0.161. The Bertz CT molecular complexity index is 934. The minimum Gasteiger partial charge on any atom is -0.352 e. The predicted molar refractivity (Wildman–Crippen MR) is 96.9 cm³/mol. The number of aromatic nitrogens is 3. The van der Waals surface area contributed by atoms with E-state index in [0.29, 0.717) is 28.0 Å². The Morgan fingerprint density at radius 1 is 1.23 bits per heavy atom. The summed E-state index contributed by atoms with van der Waals surface area (Å²) in [5.41, 5.74) is 2.00. The molecule has 26 heavy (non-hydrogen) atoms. The Kier molecular flexibility index (Phi) is 5.37. The molecule has 0 radical (unpaired) electrons. The first-order valence-corrected chi connectivity index (χ1v) is 8.80. The molecule has 2 N–H and O–H groups in total. The van der Waals surface area contributed by atoms with Crippen LogP contribution in [0.4, 0.5) is 5.13 Å². The van der Waals surface area contributed by atoms with E-state index in [2.05, 4.69) is 25.8 Å². The van der Waals surface area contributed by atoms with Gasteiger partial charge in [0, 0.05) is 36.4 Å². The average molecular weight is 371 g/mol. The zero-order valence-electron chi connectivity index (χ0n) is 14.3. The van der Waals surface area contributed by atoms with Crippen LogP contribution in [0, 0.1) is 13.8 Å². The molecule has 3 aromatic rings. The molecular weight excluding hydrogens is 354 g/mol. The Labute approximate surface area is 153 Å². The molecule has 2 amide bonds. The second-order valence-electron chi connectivity index (χ2n) is 5.57. The van der Waals surface area contributed by atoms with Crippen LogP contribution >= 0.6 is 11.3 Å². The van der Waals surface area contributed by atoms with E-state index in [1.54, 1.807) is 31.2 Å². The maximum Gasteiger partial charge on any atom is 0.251 e. The maximum absolute atomic E-state index is 12.3. The van der Waals surface area contributed by atoms with E-state index in [1.807, 2.05) is 12.3 Å². The lowest BCUT2D eigenvalue weighted by molar-refractivity contribution is -0.116. The van der Waals surface area contributed by atoms with E-state index in [0.717, 1.165) is 5.69 Å². The van der Waals surface area contributed by atoms with Gasteiger partial charge in [-0.05, 0) is 19.1 Å². The van der Waals surface area contributed by atoms with Gasteiger partial charge in [0.05, 0.1) is 5.69 Å². The molecule has 3 rings (SSSR count). The molecule has 9 heteroatoms. The van der Waals surface area contributed by atoms with Gasteiger partial charge in [0.2, 0.25) is 17.6 Å². The van der Waals surface area contributed by atoms with Gasteiger partial charge in [-0.25, -0.2) is 4.98 Å². The Balaban J connectivity index is 1.52. The molecule has 134 valence electrons. The zero-order chi connectivity index (χ0) is 18.5. The summed E-state index contributed by atoms with van der Waals surface area (Å²) in [5.74, 6) is 0.409. The van der Waals surface area contributed by atoms with Crippen LogP contribution in [-0.4, -0.2) is 33.5 Å². The molecule has 0 saturated heterocycles. The number of nitrogens with one attached hydrogen (secondary N) is 2. The summed E-state index contributed by atoms with van der Waals surface area (Å²) in [6.45, 7) is 3.78. The van der Waals surface area contributed by atoms with Crippen molar-refractivity contribution in [1.29, 1.82) is 0 Å². The van der Waals surface area contributed by atoms with Gasteiger partial charge < -0.3 is 15.2 Å². The van der Waals surface area contributed by atoms with Crippen LogP contribution in [0.2, 0.25) is 0 Å². The summed E-state index contributed by atoms with van der Waals surface area (Å²) in [4.78, 5) is 32.4. The first kappa shape index (κ1) is 17.7. The number of aryl methyl sites for hydroxylation is 2. The van der Waals surface area contributed by atoms with Crippen molar-refractivity contribution < 1.29 is 14.1 Å². The van der Waals surface area contributed by atoms with Crippen LogP contribution in [0.3, 0.4) is 0 Å². The van der Waals surface area contributed by atoms with Crippen molar-refractivity contribution in [2.75, 3.05) is 11.9 Å². The third-order valence-corrected chi connectivity index (χ3v) is 4.29. The van der Waals surface area contributed by atoms with Gasteiger partial charge >= 0.3 is 0 Å². The molecule has 0 unspecified atom stereocenters. The Morgan fingerprint density at radius 2 is 2.08 bits per heavy atom. The van der Waals surface area contributed by atoms with Gasteiger partial charge in [-0.3, -0.25) is 9.59 Å². The molecule has 0 atom stereocenters. The molecular formula is C17H17N5O3S. The maximum atomic E-state index is 12.3. The topological polar surface area (TPSA) is 110 Å². The fraction of sp³-hybridized carbons (Fsp3) is 0.235. The molecule has 0 aliphatic rings. The molecule has 0 saturated carbocycles. The smallest absolute Gasteiger partial charge is 0.251 e. The molecule has 0 spiro atoms. The number of thiazole rings is 1. The zero-order valence-corrected chi connectivity index (χ0v) is 15.1. The van der Waals surface area contributed by atoms with Crippen molar-refractivity contribution in [3.63, 3.8) is 0 Å². The van der Waals surface area contributed by atoms with Crippen molar-refractivity contribution in [2.45, 2.75) is 20.3 Å². The number of hydrogen-bond acceptors (Lipinski definition) is 7. The number of amides is 2. The SMILES string of the molecule is Cc1csc(NC(=O)CCNC(=O)c2cccc(-c3noc(C)n3)c2)n1. The monoisotopic (exact) mass is 371 g/mol. The Morgan fingerprint density at radius 3 is 2.77 bits per heavy atom. The largest absolute Gasteiger partial charge is 0.352 e.